The summed E-state index contributed by atoms with van der Waals surface area (Å²) >= 11 is 3.48. The van der Waals surface area contributed by atoms with Gasteiger partial charge in [0, 0.05) is 36.1 Å². The molecular weight excluding hydrogens is 555 g/mol. The number of nitrogens with zero attached hydrogens (tertiary/aromatic N) is 3. The third kappa shape index (κ3) is 5.37. The van der Waals surface area contributed by atoms with Crippen molar-refractivity contribution in [1.82, 2.24) is 4.57 Å². The second-order valence-electron chi connectivity index (χ2n) is 10.3. The maximum Gasteiger partial charge on any atom is 0.269 e. The van der Waals surface area contributed by atoms with Crippen molar-refractivity contribution in [2.24, 2.45) is 0 Å². The Morgan fingerprint density at radius 2 is 1.52 bits per heavy atom. The fraction of sp³-hybridized carbons (Fsp3) is 0.222. The average molecular weight is 591 g/mol. The van der Waals surface area contributed by atoms with Crippen molar-refractivity contribution in [2.45, 2.75) is 38.6 Å². The highest BCUT2D eigenvalue weighted by Crippen LogP contribution is 2.48. The number of thiazole rings is 1. The zero-order valence-corrected chi connectivity index (χ0v) is 25.9. The molecule has 42 heavy (non-hydrogen) atoms. The molecule has 4 nitrogen and oxygen atoms in total. The number of anilines is 1. The third-order valence-electron chi connectivity index (χ3n) is 7.98. The van der Waals surface area contributed by atoms with Crippen molar-refractivity contribution < 1.29 is 4.58 Å². The minimum atomic E-state index is 0.0692. The molecular formula is C36H36N3OS2+. The number of fused-ring (bicyclic) bond motifs is 1. The molecule has 2 unspecified atom stereocenters. The molecule has 0 saturated heterocycles. The number of hydrogen-bond donors (Lipinski definition) is 0. The highest BCUT2D eigenvalue weighted by molar-refractivity contribution is 8.15. The first-order valence-corrected chi connectivity index (χ1v) is 16.4. The van der Waals surface area contributed by atoms with E-state index < -0.39 is 0 Å². The molecule has 0 spiro atoms. The van der Waals surface area contributed by atoms with Gasteiger partial charge in [0.05, 0.1) is 10.6 Å². The molecule has 0 aliphatic carbocycles. The molecule has 4 aromatic rings. The van der Waals surface area contributed by atoms with Crippen molar-refractivity contribution in [3.8, 4) is 0 Å². The van der Waals surface area contributed by atoms with Crippen molar-refractivity contribution in [3.63, 3.8) is 0 Å². The highest BCUT2D eigenvalue weighted by Gasteiger charge is 2.43. The van der Waals surface area contributed by atoms with Gasteiger partial charge in [-0.15, -0.1) is 11.3 Å². The molecule has 0 fully saturated rings. The van der Waals surface area contributed by atoms with E-state index in [1.54, 1.807) is 11.3 Å². The Labute approximate surface area is 256 Å². The summed E-state index contributed by atoms with van der Waals surface area (Å²) < 4.78 is 6.15. The molecule has 2 aliphatic rings. The number of likely N-dealkylation sites (N-methyl/N-ethyl adjacent to an activating group) is 1. The zero-order valence-electron chi connectivity index (χ0n) is 24.3. The van der Waals surface area contributed by atoms with Crippen LogP contribution in [-0.4, -0.2) is 27.3 Å². The Balaban J connectivity index is 1.44. The monoisotopic (exact) mass is 590 g/mol. The van der Waals surface area contributed by atoms with Crippen LogP contribution in [0.2, 0.25) is 0 Å². The number of allylic oxidation sites excluding steroid dienone is 3. The van der Waals surface area contributed by atoms with Gasteiger partial charge in [0.2, 0.25) is 5.04 Å². The Morgan fingerprint density at radius 1 is 0.833 bits per heavy atom. The summed E-state index contributed by atoms with van der Waals surface area (Å²) in [4.78, 5) is 15.8. The second kappa shape index (κ2) is 12.6. The fourth-order valence-electron chi connectivity index (χ4n) is 5.89. The summed E-state index contributed by atoms with van der Waals surface area (Å²) in [5, 5.41) is 1.47. The van der Waals surface area contributed by atoms with Gasteiger partial charge in [-0.25, -0.2) is 4.58 Å². The van der Waals surface area contributed by atoms with Gasteiger partial charge < -0.3 is 4.90 Å². The molecule has 3 heterocycles. The molecule has 0 bridgehead atoms. The van der Waals surface area contributed by atoms with E-state index >= 15 is 0 Å². The lowest BCUT2D eigenvalue weighted by molar-refractivity contribution is -0.562. The predicted octanol–water partition coefficient (Wildman–Crippen LogP) is 6.59. The molecule has 0 N–H and O–H groups in total. The minimum absolute atomic E-state index is 0.0692. The lowest BCUT2D eigenvalue weighted by Gasteiger charge is -2.26. The normalized spacial score (nSPS) is 20.2. The van der Waals surface area contributed by atoms with Crippen LogP contribution in [-0.2, 0) is 6.54 Å². The van der Waals surface area contributed by atoms with Gasteiger partial charge >= 0.3 is 0 Å². The quantitative estimate of drug-likeness (QED) is 0.228. The van der Waals surface area contributed by atoms with Crippen molar-refractivity contribution in [1.29, 1.82) is 0 Å². The van der Waals surface area contributed by atoms with Crippen LogP contribution in [0.5, 0.6) is 0 Å². The Kier molecular flexibility index (Phi) is 8.45. The van der Waals surface area contributed by atoms with E-state index in [9.17, 15) is 4.79 Å². The van der Waals surface area contributed by atoms with Gasteiger partial charge in [-0.2, -0.15) is 0 Å². The minimum Gasteiger partial charge on any atom is -0.348 e. The Hall–Kier alpha value is -3.87. The summed E-state index contributed by atoms with van der Waals surface area (Å²) in [7, 11) is 0. The van der Waals surface area contributed by atoms with Crippen LogP contribution in [0.25, 0.3) is 17.7 Å². The molecule has 6 rings (SSSR count). The van der Waals surface area contributed by atoms with E-state index in [1.807, 2.05) is 22.4 Å². The summed E-state index contributed by atoms with van der Waals surface area (Å²) in [6.45, 7) is 8.86. The molecule has 2 aliphatic heterocycles. The first kappa shape index (κ1) is 28.3. The zero-order chi connectivity index (χ0) is 29.1. The SMILES string of the molecule is CCN1C=C/C(=C\C=c2\s/c(=C/C3=[N+](CC)C(c4ccccc4)C(c4ccccc4)S3)n(CC)c2=O)c2ccccc21. The molecule has 0 radical (unpaired) electrons. The van der Waals surface area contributed by atoms with Crippen LogP contribution in [0.1, 0.15) is 48.8 Å². The molecule has 0 amide bonds. The molecule has 6 heteroatoms. The molecule has 0 saturated carbocycles. The summed E-state index contributed by atoms with van der Waals surface area (Å²) in [6.07, 6.45) is 10.6. The highest BCUT2D eigenvalue weighted by atomic mass is 32.2. The largest absolute Gasteiger partial charge is 0.348 e. The maximum absolute atomic E-state index is 13.6. The van der Waals surface area contributed by atoms with E-state index in [1.165, 1.54) is 27.4 Å². The van der Waals surface area contributed by atoms with Gasteiger partial charge in [-0.05, 0) is 61.9 Å². The molecule has 2 atom stereocenters. The lowest BCUT2D eigenvalue weighted by Crippen LogP contribution is -2.31. The van der Waals surface area contributed by atoms with Crippen LogP contribution in [0.4, 0.5) is 5.69 Å². The first-order valence-electron chi connectivity index (χ1n) is 14.7. The van der Waals surface area contributed by atoms with Crippen molar-refractivity contribution in [3.05, 3.63) is 140 Å². The molecule has 212 valence electrons. The number of aromatic nitrogens is 1. The summed E-state index contributed by atoms with van der Waals surface area (Å²) in [6, 6.07) is 30.3. The number of hydrogen-bond acceptors (Lipinski definition) is 4. The number of thioether (sulfide) groups is 1. The first-order chi connectivity index (χ1) is 20.6. The van der Waals surface area contributed by atoms with E-state index in [4.69, 9.17) is 0 Å². The predicted molar refractivity (Wildman–Crippen MR) is 181 cm³/mol. The standard InChI is InChI=1S/C36H36N3OS2/c1-4-37-24-23-26(29-19-13-14-20-30(29)37)21-22-31-36(40)39(6-3)33(41-31)25-32-38(5-2)34(27-15-9-7-10-16-27)35(42-32)28-17-11-8-12-18-28/h7-25,34-35H,4-6H2,1-3H3/q+1/b26-21+,31-22+. The molecule has 3 aromatic carbocycles. The van der Waals surface area contributed by atoms with E-state index in [2.05, 4.69) is 140 Å². The van der Waals surface area contributed by atoms with Gasteiger partial charge in [-0.3, -0.25) is 9.36 Å². The Morgan fingerprint density at radius 3 is 2.21 bits per heavy atom. The van der Waals surface area contributed by atoms with Gasteiger partial charge in [0.15, 0.2) is 6.04 Å². The van der Waals surface area contributed by atoms with Gasteiger partial charge in [-0.1, -0.05) is 84.9 Å². The number of rotatable bonds is 7. The van der Waals surface area contributed by atoms with Crippen LogP contribution >= 0.6 is 23.1 Å². The smallest absolute Gasteiger partial charge is 0.269 e. The Bertz CT molecular complexity index is 1850. The van der Waals surface area contributed by atoms with E-state index in [0.29, 0.717) is 6.54 Å². The van der Waals surface area contributed by atoms with Gasteiger partial charge in [0.25, 0.3) is 5.56 Å². The van der Waals surface area contributed by atoms with Crippen LogP contribution in [0.3, 0.4) is 0 Å². The molecule has 1 aromatic heterocycles. The van der Waals surface area contributed by atoms with E-state index in [-0.39, 0.29) is 16.9 Å². The van der Waals surface area contributed by atoms with Crippen molar-refractivity contribution in [2.75, 3.05) is 18.0 Å². The average Bonchev–Trinajstić information content (AvgIpc) is 3.56. The lowest BCUT2D eigenvalue weighted by atomic mass is 9.97. The topological polar surface area (TPSA) is 28.2 Å². The fourth-order valence-corrected chi connectivity index (χ4v) is 8.56. The number of benzene rings is 3. The second-order valence-corrected chi connectivity index (χ2v) is 12.6. The van der Waals surface area contributed by atoms with Crippen LogP contribution in [0, 0.1) is 0 Å². The summed E-state index contributed by atoms with van der Waals surface area (Å²) in [5.41, 5.74) is 6.20. The van der Waals surface area contributed by atoms with Crippen LogP contribution in [0.15, 0.2) is 108 Å². The van der Waals surface area contributed by atoms with E-state index in [0.717, 1.165) is 27.9 Å². The van der Waals surface area contributed by atoms with Crippen molar-refractivity contribution >= 4 is 51.6 Å². The third-order valence-corrected chi connectivity index (χ3v) is 10.4. The maximum atomic E-state index is 13.6. The number of para-hydroxylation sites is 1. The summed E-state index contributed by atoms with van der Waals surface area (Å²) in [5.74, 6) is 0. The van der Waals surface area contributed by atoms with Crippen LogP contribution < -0.4 is 19.7 Å². The van der Waals surface area contributed by atoms with Gasteiger partial charge in [0.1, 0.15) is 16.5 Å².